The summed E-state index contributed by atoms with van der Waals surface area (Å²) in [7, 11) is 0. The number of hydrogen-bond acceptors (Lipinski definition) is 3. The first-order chi connectivity index (χ1) is 11.3. The van der Waals surface area contributed by atoms with Gasteiger partial charge in [0.15, 0.2) is 0 Å². The van der Waals surface area contributed by atoms with E-state index in [4.69, 9.17) is 0 Å². The molecule has 0 saturated heterocycles. The van der Waals surface area contributed by atoms with E-state index in [1.165, 1.54) is 0 Å². The van der Waals surface area contributed by atoms with Crippen LogP contribution in [0.4, 0.5) is 5.69 Å². The summed E-state index contributed by atoms with van der Waals surface area (Å²) in [6.45, 7) is 0. The number of anilines is 1. The van der Waals surface area contributed by atoms with Crippen LogP contribution in [0.1, 0.15) is 11.1 Å². The van der Waals surface area contributed by atoms with Crippen molar-refractivity contribution in [3.05, 3.63) is 78.1 Å². The van der Waals surface area contributed by atoms with Gasteiger partial charge in [0.1, 0.15) is 4.75 Å². The van der Waals surface area contributed by atoms with Crippen molar-refractivity contribution >= 4 is 23.4 Å². The molecule has 2 aromatic carbocycles. The smallest absolute Gasteiger partial charge is 0.245 e. The van der Waals surface area contributed by atoms with E-state index < -0.39 is 4.75 Å². The molecule has 5 heteroatoms. The second-order valence-corrected chi connectivity index (χ2v) is 6.87. The van der Waals surface area contributed by atoms with Gasteiger partial charge in [0.25, 0.3) is 0 Å². The van der Waals surface area contributed by atoms with Crippen LogP contribution in [0.25, 0.3) is 0 Å². The number of aromatic nitrogens is 2. The van der Waals surface area contributed by atoms with Crippen LogP contribution in [0.3, 0.4) is 0 Å². The Morgan fingerprint density at radius 1 is 1.04 bits per heavy atom. The van der Waals surface area contributed by atoms with Crippen molar-refractivity contribution in [2.75, 3.05) is 5.32 Å². The molecule has 3 aromatic rings. The Morgan fingerprint density at radius 3 is 2.61 bits per heavy atom. The van der Waals surface area contributed by atoms with Crippen molar-refractivity contribution < 1.29 is 4.79 Å². The summed E-state index contributed by atoms with van der Waals surface area (Å²) in [5, 5.41) is 9.95. The predicted octanol–water partition coefficient (Wildman–Crippen LogP) is 3.59. The van der Waals surface area contributed by atoms with Crippen LogP contribution in [-0.4, -0.2) is 16.1 Å². The molecule has 1 unspecified atom stereocenters. The number of amides is 1. The fraction of sp³-hybridized carbons (Fsp3) is 0.111. The first kappa shape index (κ1) is 14.1. The molecule has 0 radical (unpaired) electrons. The number of hydrogen-bond donors (Lipinski definition) is 2. The Balaban J connectivity index is 1.82. The zero-order valence-corrected chi connectivity index (χ0v) is 13.1. The van der Waals surface area contributed by atoms with Gasteiger partial charge < -0.3 is 5.32 Å². The molecule has 1 aliphatic heterocycles. The third kappa shape index (κ3) is 2.43. The van der Waals surface area contributed by atoms with Crippen molar-refractivity contribution in [1.82, 2.24) is 10.2 Å². The van der Waals surface area contributed by atoms with E-state index >= 15 is 0 Å². The van der Waals surface area contributed by atoms with Crippen LogP contribution in [0.5, 0.6) is 0 Å². The maximum Gasteiger partial charge on any atom is 0.245 e. The highest BCUT2D eigenvalue weighted by atomic mass is 32.2. The number of benzene rings is 2. The molecule has 23 heavy (non-hydrogen) atoms. The maximum atomic E-state index is 13.0. The highest BCUT2D eigenvalue weighted by molar-refractivity contribution is 8.01. The Morgan fingerprint density at radius 2 is 1.83 bits per heavy atom. The van der Waals surface area contributed by atoms with Gasteiger partial charge in [0.05, 0.1) is 11.9 Å². The second kappa shape index (κ2) is 5.59. The number of rotatable bonds is 3. The van der Waals surface area contributed by atoms with Crippen molar-refractivity contribution in [3.63, 3.8) is 0 Å². The van der Waals surface area contributed by atoms with Gasteiger partial charge in [-0.05, 0) is 17.7 Å². The number of fused-ring (bicyclic) bond motifs is 1. The van der Waals surface area contributed by atoms with Crippen LogP contribution < -0.4 is 5.32 Å². The highest BCUT2D eigenvalue weighted by Crippen LogP contribution is 2.50. The predicted molar refractivity (Wildman–Crippen MR) is 91.3 cm³/mol. The Hall–Kier alpha value is -2.53. The van der Waals surface area contributed by atoms with E-state index in [0.29, 0.717) is 6.42 Å². The fourth-order valence-corrected chi connectivity index (χ4v) is 4.24. The average Bonchev–Trinajstić information content (AvgIpc) is 3.11. The number of nitrogens with one attached hydrogen (secondary N) is 2. The topological polar surface area (TPSA) is 57.8 Å². The minimum Gasteiger partial charge on any atom is -0.324 e. The van der Waals surface area contributed by atoms with Gasteiger partial charge in [0, 0.05) is 23.1 Å². The number of aromatic amines is 1. The number of thioether (sulfide) groups is 1. The van der Waals surface area contributed by atoms with Gasteiger partial charge in [-0.3, -0.25) is 9.89 Å². The minimum absolute atomic E-state index is 0.00791. The van der Waals surface area contributed by atoms with Gasteiger partial charge in [-0.2, -0.15) is 5.10 Å². The van der Waals surface area contributed by atoms with Gasteiger partial charge in [0.2, 0.25) is 5.91 Å². The molecule has 0 fully saturated rings. The molecule has 0 bridgehead atoms. The fourth-order valence-electron chi connectivity index (χ4n) is 2.88. The first-order valence-electron chi connectivity index (χ1n) is 7.41. The molecule has 114 valence electrons. The molecular weight excluding hydrogens is 306 g/mol. The van der Waals surface area contributed by atoms with E-state index in [1.807, 2.05) is 48.7 Å². The summed E-state index contributed by atoms with van der Waals surface area (Å²) in [6, 6.07) is 18.0. The normalized spacial score (nSPS) is 19.9. The van der Waals surface area contributed by atoms with Crippen LogP contribution >= 0.6 is 11.8 Å². The molecule has 0 saturated carbocycles. The lowest BCUT2D eigenvalue weighted by Gasteiger charge is -2.35. The Kier molecular flexibility index (Phi) is 3.42. The maximum absolute atomic E-state index is 13.0. The molecule has 4 rings (SSSR count). The summed E-state index contributed by atoms with van der Waals surface area (Å²) in [5.74, 6) is -0.00791. The standard InChI is InChI=1S/C18H15N3OS/c22-17-18(14-11-19-20-12-14,10-13-6-2-1-3-7-13)23-16-9-5-4-8-15(16)21-17/h1-9,11-12H,10H2,(H,19,20)(H,21,22). The van der Waals surface area contributed by atoms with Gasteiger partial charge in [-0.15, -0.1) is 11.8 Å². The third-order valence-electron chi connectivity index (χ3n) is 4.05. The monoisotopic (exact) mass is 321 g/mol. The average molecular weight is 321 g/mol. The highest BCUT2D eigenvalue weighted by Gasteiger charge is 2.45. The van der Waals surface area contributed by atoms with Crippen molar-refractivity contribution in [2.24, 2.45) is 0 Å². The Labute approximate surface area is 138 Å². The molecule has 4 nitrogen and oxygen atoms in total. The van der Waals surface area contributed by atoms with Crippen molar-refractivity contribution in [2.45, 2.75) is 16.1 Å². The lowest BCUT2D eigenvalue weighted by atomic mass is 9.91. The summed E-state index contributed by atoms with van der Waals surface area (Å²) in [4.78, 5) is 14.1. The Bertz CT molecular complexity index is 832. The second-order valence-electron chi connectivity index (χ2n) is 5.53. The number of para-hydroxylation sites is 1. The van der Waals surface area contributed by atoms with Crippen LogP contribution in [-0.2, 0) is 16.0 Å². The number of carbonyl (C=O) groups is 1. The zero-order chi connectivity index (χ0) is 15.7. The molecule has 1 atom stereocenters. The van der Waals surface area contributed by atoms with Crippen molar-refractivity contribution in [1.29, 1.82) is 0 Å². The summed E-state index contributed by atoms with van der Waals surface area (Å²) in [6.07, 6.45) is 4.16. The molecular formula is C18H15N3OS. The largest absolute Gasteiger partial charge is 0.324 e. The van der Waals surface area contributed by atoms with Crippen LogP contribution in [0.15, 0.2) is 71.9 Å². The molecule has 1 aliphatic rings. The molecule has 2 N–H and O–H groups in total. The first-order valence-corrected chi connectivity index (χ1v) is 8.22. The molecule has 0 aliphatic carbocycles. The zero-order valence-electron chi connectivity index (χ0n) is 12.3. The number of carbonyl (C=O) groups excluding carboxylic acids is 1. The van der Waals surface area contributed by atoms with Gasteiger partial charge >= 0.3 is 0 Å². The van der Waals surface area contributed by atoms with Gasteiger partial charge in [-0.25, -0.2) is 0 Å². The summed E-state index contributed by atoms with van der Waals surface area (Å²) in [5.41, 5.74) is 2.88. The van der Waals surface area contributed by atoms with E-state index in [-0.39, 0.29) is 5.91 Å². The SMILES string of the molecule is O=C1Nc2ccccc2SC1(Cc1ccccc1)c1cn[nH]c1. The van der Waals surface area contributed by atoms with E-state index in [2.05, 4.69) is 27.6 Å². The lowest BCUT2D eigenvalue weighted by Crippen LogP contribution is -2.41. The minimum atomic E-state index is -0.720. The summed E-state index contributed by atoms with van der Waals surface area (Å²) >= 11 is 1.59. The molecule has 1 amide bonds. The van der Waals surface area contributed by atoms with Crippen molar-refractivity contribution in [3.8, 4) is 0 Å². The molecule has 0 spiro atoms. The van der Waals surface area contributed by atoms with Crippen LogP contribution in [0.2, 0.25) is 0 Å². The number of H-pyrrole nitrogens is 1. The summed E-state index contributed by atoms with van der Waals surface area (Å²) < 4.78 is -0.720. The van der Waals surface area contributed by atoms with Crippen LogP contribution in [0, 0.1) is 0 Å². The molecule has 2 heterocycles. The number of nitrogens with zero attached hydrogens (tertiary/aromatic N) is 1. The lowest BCUT2D eigenvalue weighted by molar-refractivity contribution is -0.118. The quantitative estimate of drug-likeness (QED) is 0.775. The third-order valence-corrected chi connectivity index (χ3v) is 5.54. The molecule has 1 aromatic heterocycles. The van der Waals surface area contributed by atoms with E-state index in [0.717, 1.165) is 21.7 Å². The van der Waals surface area contributed by atoms with Gasteiger partial charge in [-0.1, -0.05) is 42.5 Å². The van der Waals surface area contributed by atoms with E-state index in [9.17, 15) is 4.79 Å². The van der Waals surface area contributed by atoms with E-state index in [1.54, 1.807) is 18.0 Å².